The summed E-state index contributed by atoms with van der Waals surface area (Å²) in [6, 6.07) is 0. The van der Waals surface area contributed by atoms with Gasteiger partial charge in [-0.05, 0) is 19.3 Å². The van der Waals surface area contributed by atoms with E-state index in [9.17, 15) is 20.1 Å². The summed E-state index contributed by atoms with van der Waals surface area (Å²) in [7, 11) is 0. The Labute approximate surface area is 148 Å². The number of carbonyl (C=O) groups is 1. The molecule has 148 valence electrons. The van der Waals surface area contributed by atoms with Crippen LogP contribution < -0.4 is 5.73 Å². The quantitative estimate of drug-likeness (QED) is 0.379. The second-order valence-corrected chi connectivity index (χ2v) is 6.19. The van der Waals surface area contributed by atoms with Crippen molar-refractivity contribution in [1.29, 1.82) is 0 Å². The Bertz CT molecular complexity index is 372. The van der Waals surface area contributed by atoms with E-state index in [0.29, 0.717) is 32.6 Å². The molecule has 4 atom stereocenters. The lowest BCUT2D eigenvalue weighted by molar-refractivity contribution is -0.152. The highest BCUT2D eigenvalue weighted by Gasteiger charge is 2.34. The zero-order valence-corrected chi connectivity index (χ0v) is 14.6. The highest BCUT2D eigenvalue weighted by molar-refractivity contribution is 5.76. The molecule has 0 unspecified atom stereocenters. The number of aliphatic hydroxyl groups excluding tert-OH is 4. The van der Waals surface area contributed by atoms with Crippen molar-refractivity contribution in [2.75, 3.05) is 46.1 Å². The summed E-state index contributed by atoms with van der Waals surface area (Å²) in [6.07, 6.45) is -3.07. The van der Waals surface area contributed by atoms with E-state index in [0.717, 1.165) is 6.42 Å². The van der Waals surface area contributed by atoms with Gasteiger partial charge in [0.1, 0.15) is 24.4 Å². The van der Waals surface area contributed by atoms with Crippen LogP contribution in [-0.2, 0) is 14.3 Å². The zero-order chi connectivity index (χ0) is 18.7. The molecule has 1 rings (SSSR count). The fourth-order valence-electron chi connectivity index (χ4n) is 2.68. The minimum atomic E-state index is -1.44. The Hall–Kier alpha value is -0.810. The first-order valence-electron chi connectivity index (χ1n) is 8.83. The second-order valence-electron chi connectivity index (χ2n) is 6.19. The van der Waals surface area contributed by atoms with Gasteiger partial charge in [0.15, 0.2) is 0 Å². The molecule has 0 bridgehead atoms. The third kappa shape index (κ3) is 7.95. The van der Waals surface area contributed by atoms with Crippen molar-refractivity contribution in [3.05, 3.63) is 0 Å². The molecule has 1 fully saturated rings. The summed E-state index contributed by atoms with van der Waals surface area (Å²) in [6.45, 7) is 1.16. The van der Waals surface area contributed by atoms with Crippen molar-refractivity contribution in [2.24, 2.45) is 5.73 Å². The van der Waals surface area contributed by atoms with Gasteiger partial charge in [0.2, 0.25) is 5.91 Å². The average Bonchev–Trinajstić information content (AvgIpc) is 2.60. The fraction of sp³-hybridized carbons (Fsp3) is 0.938. The van der Waals surface area contributed by atoms with Crippen LogP contribution in [-0.4, -0.2) is 102 Å². The van der Waals surface area contributed by atoms with Gasteiger partial charge in [-0.15, -0.1) is 0 Å². The van der Waals surface area contributed by atoms with Crippen LogP contribution >= 0.6 is 0 Å². The van der Waals surface area contributed by atoms with Crippen LogP contribution in [0.2, 0.25) is 0 Å². The molecule has 9 heteroatoms. The van der Waals surface area contributed by atoms with E-state index in [1.54, 1.807) is 0 Å². The lowest BCUT2D eigenvalue weighted by atomic mass is 10.0. The Morgan fingerprint density at radius 1 is 1.20 bits per heavy atom. The van der Waals surface area contributed by atoms with Gasteiger partial charge in [-0.3, -0.25) is 4.79 Å². The lowest BCUT2D eigenvalue weighted by Gasteiger charge is -2.33. The Morgan fingerprint density at radius 2 is 1.88 bits per heavy atom. The van der Waals surface area contributed by atoms with E-state index in [-0.39, 0.29) is 32.0 Å². The van der Waals surface area contributed by atoms with E-state index < -0.39 is 31.0 Å². The number of β-amino-alcohol motifs (C(OH)–C–C–N with tert-alkyl or cyclic N) is 1. The smallest absolute Gasteiger partial charge is 0.223 e. The first-order chi connectivity index (χ1) is 12.0. The number of ether oxygens (including phenoxy) is 2. The maximum Gasteiger partial charge on any atom is 0.223 e. The minimum absolute atomic E-state index is 0.113. The molecule has 1 aliphatic rings. The van der Waals surface area contributed by atoms with Crippen LogP contribution in [0, 0.1) is 0 Å². The summed E-state index contributed by atoms with van der Waals surface area (Å²) in [4.78, 5) is 13.6. The van der Waals surface area contributed by atoms with E-state index in [1.165, 1.54) is 4.90 Å². The molecule has 0 aromatic rings. The number of carbonyl (C=O) groups excluding carboxylic acids is 1. The second kappa shape index (κ2) is 12.5. The number of hydrogen-bond donors (Lipinski definition) is 5. The fourth-order valence-corrected chi connectivity index (χ4v) is 2.68. The molecule has 0 aliphatic carbocycles. The summed E-state index contributed by atoms with van der Waals surface area (Å²) in [5.41, 5.74) is 5.42. The molecule has 1 amide bonds. The van der Waals surface area contributed by atoms with E-state index in [4.69, 9.17) is 20.3 Å². The van der Waals surface area contributed by atoms with Gasteiger partial charge in [-0.2, -0.15) is 0 Å². The number of nitrogens with zero attached hydrogens (tertiary/aromatic N) is 1. The molecular formula is C16H32N2O7. The van der Waals surface area contributed by atoms with Crippen LogP contribution in [0.4, 0.5) is 0 Å². The van der Waals surface area contributed by atoms with Crippen molar-refractivity contribution in [3.63, 3.8) is 0 Å². The van der Waals surface area contributed by atoms with Crippen LogP contribution in [0.25, 0.3) is 0 Å². The van der Waals surface area contributed by atoms with Crippen molar-refractivity contribution in [1.82, 2.24) is 4.90 Å². The molecular weight excluding hydrogens is 332 g/mol. The maximum absolute atomic E-state index is 12.2. The molecule has 0 aromatic heterocycles. The van der Waals surface area contributed by atoms with Crippen LogP contribution in [0.5, 0.6) is 0 Å². The topological polar surface area (TPSA) is 146 Å². The van der Waals surface area contributed by atoms with E-state index in [2.05, 4.69) is 0 Å². The van der Waals surface area contributed by atoms with Crippen molar-refractivity contribution < 1.29 is 34.7 Å². The maximum atomic E-state index is 12.2. The van der Waals surface area contributed by atoms with Gasteiger partial charge < -0.3 is 40.5 Å². The number of rotatable bonds is 4. The summed E-state index contributed by atoms with van der Waals surface area (Å²) < 4.78 is 11.0. The highest BCUT2D eigenvalue weighted by atomic mass is 16.5. The first kappa shape index (κ1) is 22.2. The average molecular weight is 364 g/mol. The van der Waals surface area contributed by atoms with Gasteiger partial charge in [-0.1, -0.05) is 0 Å². The third-order valence-electron chi connectivity index (χ3n) is 4.13. The van der Waals surface area contributed by atoms with Gasteiger partial charge in [0.25, 0.3) is 0 Å². The Morgan fingerprint density at radius 3 is 2.56 bits per heavy atom. The van der Waals surface area contributed by atoms with Crippen molar-refractivity contribution in [2.45, 2.75) is 50.1 Å². The highest BCUT2D eigenvalue weighted by Crippen LogP contribution is 2.13. The van der Waals surface area contributed by atoms with Gasteiger partial charge in [0.05, 0.1) is 6.61 Å². The molecule has 6 N–H and O–H groups in total. The molecule has 1 saturated heterocycles. The lowest BCUT2D eigenvalue weighted by Crippen LogP contribution is -2.52. The van der Waals surface area contributed by atoms with Gasteiger partial charge >= 0.3 is 0 Å². The standard InChI is InChI=1S/C16H32N2O7/c17-5-4-14(22)18-6-3-8-24-7-1-2-9-25-16(13(21)11-19)15(23)12(20)10-18/h12-13,15-16,19-21,23H,1-11,17H2/t12-,13+,15+,16+/m0/s1. The first-order valence-corrected chi connectivity index (χ1v) is 8.83. The largest absolute Gasteiger partial charge is 0.394 e. The van der Waals surface area contributed by atoms with Gasteiger partial charge in [-0.25, -0.2) is 0 Å². The minimum Gasteiger partial charge on any atom is -0.394 e. The predicted molar refractivity (Wildman–Crippen MR) is 89.8 cm³/mol. The molecule has 1 aliphatic heterocycles. The normalized spacial score (nSPS) is 29.0. The Balaban J connectivity index is 2.82. The van der Waals surface area contributed by atoms with E-state index >= 15 is 0 Å². The molecule has 0 aromatic carbocycles. The SMILES string of the molecule is NCCC(=O)N1CCCOCCCCO[C@H]([C@H](O)CO)[C@H](O)[C@@H](O)C1. The van der Waals surface area contributed by atoms with Crippen molar-refractivity contribution >= 4 is 5.91 Å². The molecule has 25 heavy (non-hydrogen) atoms. The van der Waals surface area contributed by atoms with Crippen LogP contribution in [0.1, 0.15) is 25.7 Å². The number of nitrogens with two attached hydrogens (primary N) is 1. The number of amides is 1. The number of hydrogen-bond acceptors (Lipinski definition) is 8. The summed E-state index contributed by atoms with van der Waals surface area (Å²) in [5, 5.41) is 39.7. The molecule has 0 saturated carbocycles. The summed E-state index contributed by atoms with van der Waals surface area (Å²) in [5.74, 6) is -0.221. The number of aliphatic hydroxyl groups is 4. The molecule has 0 spiro atoms. The van der Waals surface area contributed by atoms with Crippen LogP contribution in [0.3, 0.4) is 0 Å². The predicted octanol–water partition coefficient (Wildman–Crippen LogP) is -2.18. The van der Waals surface area contributed by atoms with Crippen molar-refractivity contribution in [3.8, 4) is 0 Å². The molecule has 9 nitrogen and oxygen atoms in total. The van der Waals surface area contributed by atoms with E-state index in [1.807, 2.05) is 0 Å². The molecule has 1 heterocycles. The third-order valence-corrected chi connectivity index (χ3v) is 4.13. The Kier molecular flexibility index (Phi) is 11.1. The van der Waals surface area contributed by atoms with Crippen LogP contribution in [0.15, 0.2) is 0 Å². The molecule has 0 radical (unpaired) electrons. The monoisotopic (exact) mass is 364 g/mol. The summed E-state index contributed by atoms with van der Waals surface area (Å²) >= 11 is 0. The zero-order valence-electron chi connectivity index (χ0n) is 14.6. The van der Waals surface area contributed by atoms with Gasteiger partial charge in [0, 0.05) is 45.9 Å².